The topological polar surface area (TPSA) is 40.5 Å². The van der Waals surface area contributed by atoms with Gasteiger partial charge in [-0.1, -0.05) is 12.7 Å². The Morgan fingerprint density at radius 1 is 1.47 bits per heavy atom. The van der Waals surface area contributed by atoms with Crippen LogP contribution in [0.25, 0.3) is 0 Å². The van der Waals surface area contributed by atoms with Crippen molar-refractivity contribution in [3.63, 3.8) is 0 Å². The molecule has 0 heterocycles. The fraction of sp³-hybridized carbons (Fsp3) is 0.273. The molecule has 0 aliphatic heterocycles. The molecule has 0 radical (unpaired) electrons. The Bertz CT molecular complexity index is 377. The summed E-state index contributed by atoms with van der Waals surface area (Å²) in [4.78, 5) is 0. The Balaban J connectivity index is 3.30. The third kappa shape index (κ3) is 2.06. The van der Waals surface area contributed by atoms with Crippen molar-refractivity contribution in [2.75, 3.05) is 0 Å². The average molecular weight is 214 g/mol. The minimum atomic E-state index is -1.90. The van der Waals surface area contributed by atoms with Crippen molar-refractivity contribution in [2.24, 2.45) is 0 Å². The van der Waals surface area contributed by atoms with E-state index in [4.69, 9.17) is 0 Å². The van der Waals surface area contributed by atoms with E-state index in [0.717, 1.165) is 18.2 Å². The molecule has 2 nitrogen and oxygen atoms in total. The largest absolute Gasteiger partial charge is 0.390 e. The first-order valence-corrected chi connectivity index (χ1v) is 4.41. The smallest absolute Gasteiger partial charge is 0.136 e. The van der Waals surface area contributed by atoms with Crippen molar-refractivity contribution < 1.29 is 19.0 Å². The molecule has 2 N–H and O–H groups in total. The zero-order valence-corrected chi connectivity index (χ0v) is 8.24. The van der Waals surface area contributed by atoms with Gasteiger partial charge in [-0.25, -0.2) is 8.78 Å². The van der Waals surface area contributed by atoms with Crippen LogP contribution in [-0.2, 0) is 5.60 Å². The van der Waals surface area contributed by atoms with Gasteiger partial charge in [-0.15, -0.1) is 0 Å². The summed E-state index contributed by atoms with van der Waals surface area (Å²) in [5.74, 6) is -1.66. The van der Waals surface area contributed by atoms with Crippen LogP contribution in [0.1, 0.15) is 12.5 Å². The highest BCUT2D eigenvalue weighted by Gasteiger charge is 2.34. The number of aliphatic hydroxyl groups excluding tert-OH is 1. The average Bonchev–Trinajstić information content (AvgIpc) is 2.16. The van der Waals surface area contributed by atoms with Crippen LogP contribution in [0.5, 0.6) is 0 Å². The van der Waals surface area contributed by atoms with Gasteiger partial charge in [0.2, 0.25) is 0 Å². The van der Waals surface area contributed by atoms with Crippen molar-refractivity contribution in [3.05, 3.63) is 48.1 Å². The minimum absolute atomic E-state index is 0.200. The van der Waals surface area contributed by atoms with Crippen molar-refractivity contribution in [2.45, 2.75) is 18.6 Å². The molecule has 0 saturated carbocycles. The second kappa shape index (κ2) is 4.08. The summed E-state index contributed by atoms with van der Waals surface area (Å²) >= 11 is 0. The van der Waals surface area contributed by atoms with E-state index in [1.807, 2.05) is 0 Å². The molecule has 4 heteroatoms. The lowest BCUT2D eigenvalue weighted by molar-refractivity contribution is -0.0355. The Hall–Kier alpha value is -1.26. The van der Waals surface area contributed by atoms with Crippen LogP contribution in [0.15, 0.2) is 30.9 Å². The number of halogens is 2. The molecule has 0 saturated heterocycles. The molecule has 0 aliphatic rings. The third-order valence-electron chi connectivity index (χ3n) is 2.31. The van der Waals surface area contributed by atoms with Crippen LogP contribution in [0.2, 0.25) is 0 Å². The minimum Gasteiger partial charge on any atom is -0.390 e. The molecule has 82 valence electrons. The predicted octanol–water partition coefficient (Wildman–Crippen LogP) is 1.72. The van der Waals surface area contributed by atoms with Gasteiger partial charge in [0.25, 0.3) is 0 Å². The SMILES string of the molecule is C=CC(O)(c1ccc(F)cc1F)C(C)O. The molecule has 2 unspecified atom stereocenters. The molecule has 0 amide bonds. The van der Waals surface area contributed by atoms with Crippen LogP contribution in [0.4, 0.5) is 8.78 Å². The molecular formula is C11H12F2O2. The predicted molar refractivity (Wildman–Crippen MR) is 52.1 cm³/mol. The molecule has 0 aromatic heterocycles. The quantitative estimate of drug-likeness (QED) is 0.752. The summed E-state index contributed by atoms with van der Waals surface area (Å²) in [6.07, 6.45) is -0.219. The van der Waals surface area contributed by atoms with Crippen molar-refractivity contribution in [1.82, 2.24) is 0 Å². The van der Waals surface area contributed by atoms with Gasteiger partial charge < -0.3 is 10.2 Å². The summed E-state index contributed by atoms with van der Waals surface area (Å²) in [5.41, 5.74) is -2.11. The first-order valence-electron chi connectivity index (χ1n) is 4.41. The maximum Gasteiger partial charge on any atom is 0.136 e. The molecule has 15 heavy (non-hydrogen) atoms. The van der Waals surface area contributed by atoms with Gasteiger partial charge in [0, 0.05) is 11.6 Å². The van der Waals surface area contributed by atoms with E-state index in [-0.39, 0.29) is 5.56 Å². The van der Waals surface area contributed by atoms with Crippen LogP contribution in [0.3, 0.4) is 0 Å². The standard InChI is InChI=1S/C11H12F2O2/c1-3-11(15,7(2)14)9-5-4-8(12)6-10(9)13/h3-7,14-15H,1H2,2H3. The summed E-state index contributed by atoms with van der Waals surface area (Å²) < 4.78 is 26.0. The first-order chi connectivity index (χ1) is 6.91. The fourth-order valence-electron chi connectivity index (χ4n) is 1.32. The van der Waals surface area contributed by atoms with E-state index >= 15 is 0 Å². The number of rotatable bonds is 3. The molecule has 0 bridgehead atoms. The number of aliphatic hydroxyl groups is 2. The van der Waals surface area contributed by atoms with Crippen LogP contribution in [0, 0.1) is 11.6 Å². The maximum atomic E-state index is 13.3. The summed E-state index contributed by atoms with van der Waals surface area (Å²) in [6.45, 7) is 4.62. The Morgan fingerprint density at radius 3 is 2.47 bits per heavy atom. The van der Waals surface area contributed by atoms with Crippen molar-refractivity contribution in [1.29, 1.82) is 0 Å². The molecule has 0 aliphatic carbocycles. The lowest BCUT2D eigenvalue weighted by Gasteiger charge is -2.28. The van der Waals surface area contributed by atoms with Gasteiger partial charge in [-0.3, -0.25) is 0 Å². The second-order valence-electron chi connectivity index (χ2n) is 3.33. The molecule has 1 aromatic rings. The lowest BCUT2D eigenvalue weighted by Crippen LogP contribution is -2.36. The maximum absolute atomic E-state index is 13.3. The summed E-state index contributed by atoms with van der Waals surface area (Å²) in [7, 11) is 0. The molecule has 2 atom stereocenters. The van der Waals surface area contributed by atoms with Gasteiger partial charge in [-0.2, -0.15) is 0 Å². The van der Waals surface area contributed by atoms with Gasteiger partial charge in [0.1, 0.15) is 17.2 Å². The normalized spacial score (nSPS) is 16.9. The molecule has 0 spiro atoms. The fourth-order valence-corrected chi connectivity index (χ4v) is 1.32. The lowest BCUT2D eigenvalue weighted by atomic mass is 9.88. The van der Waals surface area contributed by atoms with Crippen LogP contribution in [-0.4, -0.2) is 16.3 Å². The van der Waals surface area contributed by atoms with Crippen molar-refractivity contribution in [3.8, 4) is 0 Å². The van der Waals surface area contributed by atoms with Crippen LogP contribution >= 0.6 is 0 Å². The van der Waals surface area contributed by atoms with Gasteiger partial charge in [0.15, 0.2) is 0 Å². The Kier molecular flexibility index (Phi) is 3.21. The Labute approximate surface area is 86.5 Å². The molecule has 0 fully saturated rings. The first kappa shape index (κ1) is 11.8. The van der Waals surface area contributed by atoms with Gasteiger partial charge in [0.05, 0.1) is 6.10 Å². The van der Waals surface area contributed by atoms with Gasteiger partial charge in [-0.05, 0) is 19.1 Å². The zero-order chi connectivity index (χ0) is 11.6. The number of hydrogen-bond acceptors (Lipinski definition) is 2. The Morgan fingerprint density at radius 2 is 2.07 bits per heavy atom. The molecular weight excluding hydrogens is 202 g/mol. The highest BCUT2D eigenvalue weighted by atomic mass is 19.1. The highest BCUT2D eigenvalue weighted by Crippen LogP contribution is 2.28. The number of benzene rings is 1. The third-order valence-corrected chi connectivity index (χ3v) is 2.31. The van der Waals surface area contributed by atoms with E-state index in [9.17, 15) is 19.0 Å². The van der Waals surface area contributed by atoms with E-state index in [2.05, 4.69) is 6.58 Å². The van der Waals surface area contributed by atoms with Gasteiger partial charge >= 0.3 is 0 Å². The van der Waals surface area contributed by atoms with E-state index < -0.39 is 23.3 Å². The second-order valence-corrected chi connectivity index (χ2v) is 3.33. The zero-order valence-electron chi connectivity index (χ0n) is 8.24. The van der Waals surface area contributed by atoms with E-state index in [0.29, 0.717) is 6.07 Å². The van der Waals surface area contributed by atoms with Crippen molar-refractivity contribution >= 4 is 0 Å². The highest BCUT2D eigenvalue weighted by molar-refractivity contribution is 5.30. The monoisotopic (exact) mass is 214 g/mol. The number of hydrogen-bond donors (Lipinski definition) is 2. The molecule has 1 rings (SSSR count). The van der Waals surface area contributed by atoms with E-state index in [1.165, 1.54) is 6.92 Å². The van der Waals surface area contributed by atoms with E-state index in [1.54, 1.807) is 0 Å². The molecule has 1 aromatic carbocycles. The summed E-state index contributed by atoms with van der Waals surface area (Å²) in [5, 5.41) is 19.2. The van der Waals surface area contributed by atoms with Crippen LogP contribution < -0.4 is 0 Å². The summed E-state index contributed by atoms with van der Waals surface area (Å²) in [6, 6.07) is 2.74.